The summed E-state index contributed by atoms with van der Waals surface area (Å²) in [5.74, 6) is 0. The largest absolute Gasteiger partial charge is 0.378 e. The van der Waals surface area contributed by atoms with Crippen LogP contribution >= 0.6 is 15.9 Å². The molecule has 0 radical (unpaired) electrons. The molecule has 2 atom stereocenters. The molecule has 1 fully saturated rings. The van der Waals surface area contributed by atoms with Gasteiger partial charge in [-0.3, -0.25) is 10.1 Å². The van der Waals surface area contributed by atoms with Gasteiger partial charge < -0.3 is 10.1 Å². The van der Waals surface area contributed by atoms with E-state index in [2.05, 4.69) is 35.1 Å². The van der Waals surface area contributed by atoms with Gasteiger partial charge in [0.2, 0.25) is 0 Å². The molecule has 0 spiro atoms. The fourth-order valence-corrected chi connectivity index (χ4v) is 2.95. The number of ether oxygens (including phenoxy) is 1. The first-order valence-electron chi connectivity index (χ1n) is 6.68. The maximum atomic E-state index is 11.1. The van der Waals surface area contributed by atoms with E-state index in [1.807, 2.05) is 6.92 Å². The summed E-state index contributed by atoms with van der Waals surface area (Å²) in [5.41, 5.74) is 0.618. The highest BCUT2D eigenvalue weighted by Crippen LogP contribution is 2.45. The number of nitro groups is 1. The number of halogens is 1. The molecule has 0 saturated heterocycles. The molecule has 0 amide bonds. The van der Waals surface area contributed by atoms with Gasteiger partial charge >= 0.3 is 0 Å². The molecule has 2 unspecified atom stereocenters. The Hall–Kier alpha value is -1.14. The van der Waals surface area contributed by atoms with Gasteiger partial charge in [-0.05, 0) is 25.5 Å². The molecule has 0 aliphatic heterocycles. The molecule has 0 aromatic heterocycles. The van der Waals surface area contributed by atoms with Crippen molar-refractivity contribution in [1.82, 2.24) is 0 Å². The van der Waals surface area contributed by atoms with E-state index in [0.29, 0.717) is 12.3 Å². The van der Waals surface area contributed by atoms with Gasteiger partial charge in [0.1, 0.15) is 5.69 Å². The third-order valence-corrected chi connectivity index (χ3v) is 4.52. The second-order valence-corrected chi connectivity index (χ2v) is 6.53. The number of hydrogen-bond donors (Lipinski definition) is 1. The minimum atomic E-state index is -0.361. The number of rotatable bonds is 5. The third kappa shape index (κ3) is 2.81. The number of anilines is 1. The molecule has 2 rings (SSSR count). The number of hydrogen-bond acceptors (Lipinski definition) is 4. The summed E-state index contributed by atoms with van der Waals surface area (Å²) in [5, 5.41) is 14.4. The van der Waals surface area contributed by atoms with Crippen molar-refractivity contribution in [3.8, 4) is 0 Å². The van der Waals surface area contributed by atoms with E-state index in [9.17, 15) is 10.1 Å². The molecule has 1 aliphatic rings. The Morgan fingerprint density at radius 3 is 2.80 bits per heavy atom. The van der Waals surface area contributed by atoms with Crippen molar-refractivity contribution < 1.29 is 9.66 Å². The molecule has 0 heterocycles. The average Bonchev–Trinajstić information content (AvgIpc) is 2.37. The topological polar surface area (TPSA) is 64.4 Å². The zero-order valence-corrected chi connectivity index (χ0v) is 13.4. The Kier molecular flexibility index (Phi) is 4.34. The van der Waals surface area contributed by atoms with Crippen LogP contribution in [0, 0.1) is 15.5 Å². The lowest BCUT2D eigenvalue weighted by Crippen LogP contribution is -2.58. The molecule has 1 aromatic carbocycles. The summed E-state index contributed by atoms with van der Waals surface area (Å²) in [6.07, 6.45) is 1.07. The van der Waals surface area contributed by atoms with Gasteiger partial charge in [-0.15, -0.1) is 0 Å². The molecule has 6 heteroatoms. The van der Waals surface area contributed by atoms with Gasteiger partial charge in [0.15, 0.2) is 0 Å². The Morgan fingerprint density at radius 2 is 2.25 bits per heavy atom. The highest BCUT2D eigenvalue weighted by molar-refractivity contribution is 9.10. The van der Waals surface area contributed by atoms with Gasteiger partial charge in [0.05, 0.1) is 11.0 Å². The molecular formula is C14H19BrN2O3. The highest BCUT2D eigenvalue weighted by Gasteiger charge is 2.49. The first-order valence-corrected chi connectivity index (χ1v) is 7.47. The van der Waals surface area contributed by atoms with Gasteiger partial charge in [0.25, 0.3) is 5.69 Å². The molecule has 20 heavy (non-hydrogen) atoms. The Bertz CT molecular complexity index is 519. The summed E-state index contributed by atoms with van der Waals surface area (Å²) in [4.78, 5) is 10.7. The monoisotopic (exact) mass is 342 g/mol. The smallest absolute Gasteiger partial charge is 0.292 e. The lowest BCUT2D eigenvalue weighted by molar-refractivity contribution is -0.384. The van der Waals surface area contributed by atoms with Gasteiger partial charge in [-0.25, -0.2) is 0 Å². The van der Waals surface area contributed by atoms with Crippen LogP contribution in [0.3, 0.4) is 0 Å². The zero-order valence-electron chi connectivity index (χ0n) is 11.9. The number of nitrogens with zero attached hydrogens (tertiary/aromatic N) is 1. The minimum absolute atomic E-state index is 0.0355. The maximum Gasteiger partial charge on any atom is 0.292 e. The fraction of sp³-hybridized carbons (Fsp3) is 0.571. The quantitative estimate of drug-likeness (QED) is 0.649. The van der Waals surface area contributed by atoms with E-state index < -0.39 is 0 Å². The van der Waals surface area contributed by atoms with Crippen LogP contribution in [0.1, 0.15) is 27.2 Å². The summed E-state index contributed by atoms with van der Waals surface area (Å²) in [6.45, 7) is 6.92. The standard InChI is InChI=1S/C14H19BrN2O3/c1-4-20-13-8-12(14(13,2)3)16-10-7-9(15)5-6-11(10)17(18)19/h5-7,12-13,16H,4,8H2,1-3H3. The molecular weight excluding hydrogens is 324 g/mol. The zero-order chi connectivity index (χ0) is 14.9. The average molecular weight is 343 g/mol. The molecule has 1 N–H and O–H groups in total. The van der Waals surface area contributed by atoms with Gasteiger partial charge in [0, 0.05) is 28.6 Å². The highest BCUT2D eigenvalue weighted by atomic mass is 79.9. The van der Waals surface area contributed by atoms with E-state index in [1.54, 1.807) is 12.1 Å². The van der Waals surface area contributed by atoms with Crippen LogP contribution in [-0.4, -0.2) is 23.7 Å². The fourth-order valence-electron chi connectivity index (χ4n) is 2.59. The van der Waals surface area contributed by atoms with E-state index >= 15 is 0 Å². The minimum Gasteiger partial charge on any atom is -0.378 e. The predicted molar refractivity (Wildman–Crippen MR) is 82.0 cm³/mol. The van der Waals surface area contributed by atoms with Crippen LogP contribution < -0.4 is 5.32 Å². The van der Waals surface area contributed by atoms with Crippen molar-refractivity contribution >= 4 is 27.3 Å². The lowest BCUT2D eigenvalue weighted by Gasteiger charge is -2.51. The second-order valence-electron chi connectivity index (χ2n) is 5.62. The number of benzene rings is 1. The van der Waals surface area contributed by atoms with Crippen molar-refractivity contribution in [2.24, 2.45) is 5.41 Å². The predicted octanol–water partition coefficient (Wildman–Crippen LogP) is 3.97. The Morgan fingerprint density at radius 1 is 1.55 bits per heavy atom. The SMILES string of the molecule is CCOC1CC(Nc2cc(Br)ccc2[N+](=O)[O-])C1(C)C. The van der Waals surface area contributed by atoms with Crippen molar-refractivity contribution in [1.29, 1.82) is 0 Å². The summed E-state index contributed by atoms with van der Waals surface area (Å²) in [6, 6.07) is 5.12. The summed E-state index contributed by atoms with van der Waals surface area (Å²) < 4.78 is 6.50. The van der Waals surface area contributed by atoms with Crippen LogP contribution in [0.5, 0.6) is 0 Å². The van der Waals surface area contributed by atoms with Crippen molar-refractivity contribution in [3.05, 3.63) is 32.8 Å². The van der Waals surface area contributed by atoms with E-state index in [-0.39, 0.29) is 28.2 Å². The first-order chi connectivity index (χ1) is 9.36. The van der Waals surface area contributed by atoms with Gasteiger partial charge in [-0.1, -0.05) is 29.8 Å². The third-order valence-electron chi connectivity index (χ3n) is 4.03. The van der Waals surface area contributed by atoms with E-state index in [0.717, 1.165) is 10.9 Å². The number of nitrogens with one attached hydrogen (secondary N) is 1. The second kappa shape index (κ2) is 5.69. The van der Waals surface area contributed by atoms with Crippen LogP contribution in [0.4, 0.5) is 11.4 Å². The molecule has 1 aromatic rings. The molecule has 1 saturated carbocycles. The summed E-state index contributed by atoms with van der Waals surface area (Å²) >= 11 is 3.35. The summed E-state index contributed by atoms with van der Waals surface area (Å²) in [7, 11) is 0. The van der Waals surface area contributed by atoms with E-state index in [4.69, 9.17) is 4.74 Å². The Labute approximate surface area is 127 Å². The van der Waals surface area contributed by atoms with Gasteiger partial charge in [-0.2, -0.15) is 0 Å². The lowest BCUT2D eigenvalue weighted by atomic mass is 9.64. The van der Waals surface area contributed by atoms with Crippen molar-refractivity contribution in [3.63, 3.8) is 0 Å². The Balaban J connectivity index is 2.16. The molecule has 1 aliphatic carbocycles. The van der Waals surface area contributed by atoms with Crippen molar-refractivity contribution in [2.75, 3.05) is 11.9 Å². The molecule has 110 valence electrons. The van der Waals surface area contributed by atoms with Crippen LogP contribution in [0.2, 0.25) is 0 Å². The normalized spacial score (nSPS) is 24.0. The van der Waals surface area contributed by atoms with Crippen LogP contribution in [0.25, 0.3) is 0 Å². The van der Waals surface area contributed by atoms with Crippen LogP contribution in [-0.2, 0) is 4.74 Å². The maximum absolute atomic E-state index is 11.1. The van der Waals surface area contributed by atoms with Crippen molar-refractivity contribution in [2.45, 2.75) is 39.3 Å². The first kappa shape index (κ1) is 15.3. The van der Waals surface area contributed by atoms with E-state index in [1.165, 1.54) is 6.07 Å². The number of nitro benzene ring substituents is 1. The molecule has 5 nitrogen and oxygen atoms in total. The molecule has 0 bridgehead atoms. The van der Waals surface area contributed by atoms with Crippen LogP contribution in [0.15, 0.2) is 22.7 Å².